The number of carbonyl (C=O) groups is 1. The molecule has 1 aromatic carbocycles. The van der Waals surface area contributed by atoms with E-state index in [0.29, 0.717) is 23.0 Å². The number of benzene rings is 1. The van der Waals surface area contributed by atoms with E-state index in [1.54, 1.807) is 24.8 Å². The number of hydrogen-bond donors (Lipinski definition) is 1. The van der Waals surface area contributed by atoms with Crippen molar-refractivity contribution < 1.29 is 13.9 Å². The lowest BCUT2D eigenvalue weighted by Crippen LogP contribution is -2.23. The van der Waals surface area contributed by atoms with E-state index < -0.39 is 0 Å². The minimum atomic E-state index is -0.204. The summed E-state index contributed by atoms with van der Waals surface area (Å²) in [6.07, 6.45) is 1.58. The molecular formula is C16H14N2O3S. The Labute approximate surface area is 131 Å². The van der Waals surface area contributed by atoms with E-state index in [0.717, 1.165) is 11.3 Å². The third kappa shape index (κ3) is 3.17. The minimum absolute atomic E-state index is 0.204. The third-order valence-electron chi connectivity index (χ3n) is 3.08. The van der Waals surface area contributed by atoms with Crippen LogP contribution in [0.2, 0.25) is 0 Å². The molecule has 3 rings (SSSR count). The van der Waals surface area contributed by atoms with Gasteiger partial charge in [0.15, 0.2) is 10.8 Å². The van der Waals surface area contributed by atoms with Gasteiger partial charge in [0, 0.05) is 11.9 Å². The fourth-order valence-corrected chi connectivity index (χ4v) is 2.67. The predicted molar refractivity (Wildman–Crippen MR) is 84.0 cm³/mol. The number of carbonyl (C=O) groups excluding carboxylic acids is 1. The largest absolute Gasteiger partial charge is 0.497 e. The number of aromatic nitrogens is 1. The first kappa shape index (κ1) is 14.3. The summed E-state index contributed by atoms with van der Waals surface area (Å²) < 4.78 is 10.4. The highest BCUT2D eigenvalue weighted by molar-refractivity contribution is 7.13. The highest BCUT2D eigenvalue weighted by atomic mass is 32.1. The molecule has 0 spiro atoms. The summed E-state index contributed by atoms with van der Waals surface area (Å²) >= 11 is 1.38. The molecule has 5 nitrogen and oxygen atoms in total. The molecule has 0 aliphatic carbocycles. The SMILES string of the molecule is COc1ccc(CNC(=O)c2csc(-c3ccco3)n2)cc1. The van der Waals surface area contributed by atoms with Crippen molar-refractivity contribution in [1.29, 1.82) is 0 Å². The van der Waals surface area contributed by atoms with E-state index in [2.05, 4.69) is 10.3 Å². The molecule has 0 aliphatic heterocycles. The average Bonchev–Trinajstić information content (AvgIpc) is 3.23. The van der Waals surface area contributed by atoms with Crippen LogP contribution in [0.5, 0.6) is 5.75 Å². The summed E-state index contributed by atoms with van der Waals surface area (Å²) in [4.78, 5) is 16.4. The molecule has 0 atom stereocenters. The number of hydrogen-bond acceptors (Lipinski definition) is 5. The first-order valence-electron chi connectivity index (χ1n) is 6.67. The average molecular weight is 314 g/mol. The van der Waals surface area contributed by atoms with Crippen molar-refractivity contribution in [2.75, 3.05) is 7.11 Å². The third-order valence-corrected chi connectivity index (χ3v) is 3.94. The summed E-state index contributed by atoms with van der Waals surface area (Å²) in [5.41, 5.74) is 1.39. The van der Waals surface area contributed by atoms with Crippen LogP contribution in [0, 0.1) is 0 Å². The van der Waals surface area contributed by atoms with Crippen LogP contribution in [-0.2, 0) is 6.54 Å². The normalized spacial score (nSPS) is 10.4. The van der Waals surface area contributed by atoms with E-state index in [-0.39, 0.29) is 5.91 Å². The van der Waals surface area contributed by atoms with Gasteiger partial charge >= 0.3 is 0 Å². The van der Waals surface area contributed by atoms with Crippen molar-refractivity contribution in [3.63, 3.8) is 0 Å². The quantitative estimate of drug-likeness (QED) is 0.784. The van der Waals surface area contributed by atoms with Gasteiger partial charge in [0.2, 0.25) is 0 Å². The first-order chi connectivity index (χ1) is 10.8. The molecule has 22 heavy (non-hydrogen) atoms. The zero-order valence-electron chi connectivity index (χ0n) is 11.9. The fourth-order valence-electron chi connectivity index (χ4n) is 1.91. The minimum Gasteiger partial charge on any atom is -0.497 e. The summed E-state index contributed by atoms with van der Waals surface area (Å²) in [5.74, 6) is 1.25. The summed E-state index contributed by atoms with van der Waals surface area (Å²) in [6.45, 7) is 0.441. The number of amides is 1. The second kappa shape index (κ2) is 6.44. The van der Waals surface area contributed by atoms with Crippen LogP contribution in [0.1, 0.15) is 16.1 Å². The van der Waals surface area contributed by atoms with E-state index in [9.17, 15) is 4.79 Å². The molecule has 2 aromatic heterocycles. The molecular weight excluding hydrogens is 300 g/mol. The molecule has 3 aromatic rings. The number of nitrogens with one attached hydrogen (secondary N) is 1. The van der Waals surface area contributed by atoms with E-state index in [4.69, 9.17) is 9.15 Å². The summed E-state index contributed by atoms with van der Waals surface area (Å²) in [5, 5.41) is 5.26. The van der Waals surface area contributed by atoms with Gasteiger partial charge in [0.05, 0.1) is 13.4 Å². The number of thiazole rings is 1. The number of rotatable bonds is 5. The summed E-state index contributed by atoms with van der Waals surface area (Å²) in [7, 11) is 1.62. The van der Waals surface area contributed by atoms with Crippen molar-refractivity contribution in [3.8, 4) is 16.5 Å². The van der Waals surface area contributed by atoms with Gasteiger partial charge in [-0.05, 0) is 29.8 Å². The highest BCUT2D eigenvalue weighted by Gasteiger charge is 2.12. The molecule has 112 valence electrons. The molecule has 0 fully saturated rings. The number of ether oxygens (including phenoxy) is 1. The van der Waals surface area contributed by atoms with Gasteiger partial charge < -0.3 is 14.5 Å². The molecule has 0 aliphatic rings. The van der Waals surface area contributed by atoms with Crippen LogP contribution in [0.15, 0.2) is 52.5 Å². The van der Waals surface area contributed by atoms with Crippen molar-refractivity contribution in [1.82, 2.24) is 10.3 Å². The van der Waals surface area contributed by atoms with Crippen molar-refractivity contribution in [2.45, 2.75) is 6.54 Å². The smallest absolute Gasteiger partial charge is 0.271 e. The highest BCUT2D eigenvalue weighted by Crippen LogP contribution is 2.23. The second-order valence-electron chi connectivity index (χ2n) is 4.55. The monoisotopic (exact) mass is 314 g/mol. The Morgan fingerprint density at radius 3 is 2.82 bits per heavy atom. The van der Waals surface area contributed by atoms with E-state index in [1.165, 1.54) is 11.3 Å². The van der Waals surface area contributed by atoms with Crippen LogP contribution in [0.4, 0.5) is 0 Å². The van der Waals surface area contributed by atoms with Gasteiger partial charge in [-0.15, -0.1) is 11.3 Å². The Balaban J connectivity index is 1.62. The zero-order chi connectivity index (χ0) is 15.4. The van der Waals surface area contributed by atoms with Gasteiger partial charge in [0.25, 0.3) is 5.91 Å². The molecule has 0 saturated carbocycles. The predicted octanol–water partition coefficient (Wildman–Crippen LogP) is 3.34. The maximum absolute atomic E-state index is 12.1. The second-order valence-corrected chi connectivity index (χ2v) is 5.40. The maximum Gasteiger partial charge on any atom is 0.271 e. The van der Waals surface area contributed by atoms with Gasteiger partial charge in [0.1, 0.15) is 11.4 Å². The molecule has 0 bridgehead atoms. The maximum atomic E-state index is 12.1. The lowest BCUT2D eigenvalue weighted by molar-refractivity contribution is 0.0946. The van der Waals surface area contributed by atoms with Crippen LogP contribution < -0.4 is 10.1 Å². The standard InChI is InChI=1S/C16H14N2O3S/c1-20-12-6-4-11(5-7-12)9-17-15(19)13-10-22-16(18-13)14-3-2-8-21-14/h2-8,10H,9H2,1H3,(H,17,19). The van der Waals surface area contributed by atoms with Crippen molar-refractivity contribution in [2.24, 2.45) is 0 Å². The molecule has 2 heterocycles. The zero-order valence-corrected chi connectivity index (χ0v) is 12.7. The number of nitrogens with zero attached hydrogens (tertiary/aromatic N) is 1. The Kier molecular flexibility index (Phi) is 4.20. The van der Waals surface area contributed by atoms with Gasteiger partial charge in [-0.1, -0.05) is 12.1 Å². The topological polar surface area (TPSA) is 64.4 Å². The molecule has 0 saturated heterocycles. The van der Waals surface area contributed by atoms with Crippen LogP contribution in [0.3, 0.4) is 0 Å². The van der Waals surface area contributed by atoms with Gasteiger partial charge in [-0.25, -0.2) is 4.98 Å². The van der Waals surface area contributed by atoms with Crippen molar-refractivity contribution >= 4 is 17.2 Å². The van der Waals surface area contributed by atoms with Crippen LogP contribution in [0.25, 0.3) is 10.8 Å². The Morgan fingerprint density at radius 2 is 2.14 bits per heavy atom. The Hall–Kier alpha value is -2.60. The lowest BCUT2D eigenvalue weighted by Gasteiger charge is -2.04. The molecule has 1 amide bonds. The van der Waals surface area contributed by atoms with Gasteiger partial charge in [-0.2, -0.15) is 0 Å². The van der Waals surface area contributed by atoms with Gasteiger partial charge in [-0.3, -0.25) is 4.79 Å². The van der Waals surface area contributed by atoms with Crippen LogP contribution in [-0.4, -0.2) is 18.0 Å². The molecule has 0 radical (unpaired) electrons. The first-order valence-corrected chi connectivity index (χ1v) is 7.55. The summed E-state index contributed by atoms with van der Waals surface area (Å²) in [6, 6.07) is 11.2. The van der Waals surface area contributed by atoms with E-state index >= 15 is 0 Å². The van der Waals surface area contributed by atoms with Crippen LogP contribution >= 0.6 is 11.3 Å². The Morgan fingerprint density at radius 1 is 1.32 bits per heavy atom. The van der Waals surface area contributed by atoms with Crippen molar-refractivity contribution in [3.05, 3.63) is 59.3 Å². The number of furan rings is 1. The fraction of sp³-hybridized carbons (Fsp3) is 0.125. The Bertz CT molecular complexity index is 748. The molecule has 0 unspecified atom stereocenters. The molecule has 6 heteroatoms. The molecule has 1 N–H and O–H groups in total. The lowest BCUT2D eigenvalue weighted by atomic mass is 10.2. The van der Waals surface area contributed by atoms with E-state index in [1.807, 2.05) is 30.3 Å². The number of methoxy groups -OCH3 is 1.